The van der Waals surface area contributed by atoms with Crippen LogP contribution < -0.4 is 21.7 Å². The van der Waals surface area contributed by atoms with Crippen molar-refractivity contribution in [2.75, 3.05) is 0 Å². The Morgan fingerprint density at radius 2 is 1.45 bits per heavy atom. The van der Waals surface area contributed by atoms with Gasteiger partial charge >= 0.3 is 5.97 Å². The fourth-order valence-electron chi connectivity index (χ4n) is 2.51. The summed E-state index contributed by atoms with van der Waals surface area (Å²) in [5.74, 6) is -3.30. The molecule has 0 heterocycles. The van der Waals surface area contributed by atoms with E-state index in [1.165, 1.54) is 13.8 Å². The molecule has 0 fully saturated rings. The summed E-state index contributed by atoms with van der Waals surface area (Å²) >= 11 is 0. The highest BCUT2D eigenvalue weighted by atomic mass is 16.4. The van der Waals surface area contributed by atoms with Crippen molar-refractivity contribution in [3.63, 3.8) is 0 Å². The highest BCUT2D eigenvalue weighted by molar-refractivity contribution is 5.94. The molecule has 6 unspecified atom stereocenters. The molecule has 0 aliphatic carbocycles. The van der Waals surface area contributed by atoms with Gasteiger partial charge in [0.05, 0.1) is 12.1 Å². The second-order valence-corrected chi connectivity index (χ2v) is 7.90. The largest absolute Gasteiger partial charge is 0.480 e. The van der Waals surface area contributed by atoms with Crippen LogP contribution >= 0.6 is 0 Å². The van der Waals surface area contributed by atoms with Crippen molar-refractivity contribution >= 4 is 23.7 Å². The number of carboxylic acids is 1. The lowest BCUT2D eigenvalue weighted by Gasteiger charge is -2.27. The van der Waals surface area contributed by atoms with Gasteiger partial charge in [-0.15, -0.1) is 0 Å². The van der Waals surface area contributed by atoms with Gasteiger partial charge in [0.25, 0.3) is 0 Å². The minimum atomic E-state index is -1.31. The van der Waals surface area contributed by atoms with Crippen LogP contribution in [0.15, 0.2) is 0 Å². The van der Waals surface area contributed by atoms with Gasteiger partial charge in [0, 0.05) is 0 Å². The molecular weight excluding hydrogens is 380 g/mol. The number of rotatable bonds is 12. The smallest absolute Gasteiger partial charge is 0.325 e. The van der Waals surface area contributed by atoms with Crippen molar-refractivity contribution in [3.8, 4) is 0 Å². The molecule has 0 aliphatic rings. The standard InChI is InChI=1S/C19H36N4O6/c1-7-10(4)14(20)17(26)23-15(12(6)24)18(27)22-13(8-9(2)3)16(25)21-11(5)19(28)29/h9-15,24H,7-8,20H2,1-6H3,(H,21,25)(H,22,27)(H,23,26)(H,28,29). The molecule has 0 aliphatic heterocycles. The van der Waals surface area contributed by atoms with Gasteiger partial charge in [0.2, 0.25) is 17.7 Å². The number of hydrogen-bond acceptors (Lipinski definition) is 6. The van der Waals surface area contributed by atoms with E-state index < -0.39 is 54.0 Å². The number of carbonyl (C=O) groups is 4. The summed E-state index contributed by atoms with van der Waals surface area (Å²) in [6.07, 6.45) is -0.321. The third-order valence-corrected chi connectivity index (χ3v) is 4.69. The van der Waals surface area contributed by atoms with Crippen LogP contribution in [-0.4, -0.2) is 64.2 Å². The number of amides is 3. The van der Waals surface area contributed by atoms with Gasteiger partial charge in [0.1, 0.15) is 18.1 Å². The first-order valence-corrected chi connectivity index (χ1v) is 9.89. The summed E-state index contributed by atoms with van der Waals surface area (Å²) < 4.78 is 0. The van der Waals surface area contributed by atoms with Crippen LogP contribution in [-0.2, 0) is 19.2 Å². The van der Waals surface area contributed by atoms with Crippen molar-refractivity contribution in [1.82, 2.24) is 16.0 Å². The Balaban J connectivity index is 5.31. The van der Waals surface area contributed by atoms with Crippen LogP contribution in [0.2, 0.25) is 0 Å². The Bertz CT molecular complexity index is 581. The molecular formula is C19H36N4O6. The van der Waals surface area contributed by atoms with Crippen LogP contribution in [0.1, 0.15) is 54.4 Å². The molecule has 0 radical (unpaired) electrons. The second kappa shape index (κ2) is 12.4. The van der Waals surface area contributed by atoms with Gasteiger partial charge < -0.3 is 31.9 Å². The van der Waals surface area contributed by atoms with E-state index in [0.717, 1.165) is 0 Å². The zero-order valence-electron chi connectivity index (χ0n) is 18.1. The quantitative estimate of drug-likeness (QED) is 0.245. The van der Waals surface area contributed by atoms with Crippen LogP contribution in [0.3, 0.4) is 0 Å². The van der Waals surface area contributed by atoms with Crippen molar-refractivity contribution in [3.05, 3.63) is 0 Å². The number of aliphatic hydroxyl groups excluding tert-OH is 1. The van der Waals surface area contributed by atoms with E-state index in [1.54, 1.807) is 6.92 Å². The molecule has 168 valence electrons. The maximum absolute atomic E-state index is 12.7. The van der Waals surface area contributed by atoms with Crippen LogP contribution in [0.4, 0.5) is 0 Å². The maximum Gasteiger partial charge on any atom is 0.325 e. The van der Waals surface area contributed by atoms with Gasteiger partial charge in [0.15, 0.2) is 0 Å². The summed E-state index contributed by atoms with van der Waals surface area (Å²) in [5.41, 5.74) is 5.87. The van der Waals surface area contributed by atoms with Gasteiger partial charge in [-0.3, -0.25) is 19.2 Å². The number of aliphatic hydroxyl groups is 1. The lowest BCUT2D eigenvalue weighted by Crippen LogP contribution is -2.60. The molecule has 0 bridgehead atoms. The Hall–Kier alpha value is -2.20. The molecule has 10 heteroatoms. The van der Waals surface area contributed by atoms with Crippen molar-refractivity contribution in [2.24, 2.45) is 17.6 Å². The van der Waals surface area contributed by atoms with E-state index in [-0.39, 0.29) is 18.3 Å². The molecule has 0 rings (SSSR count). The van der Waals surface area contributed by atoms with Crippen molar-refractivity contribution < 1.29 is 29.4 Å². The molecule has 3 amide bonds. The molecule has 0 aromatic carbocycles. The highest BCUT2D eigenvalue weighted by Crippen LogP contribution is 2.08. The normalized spacial score (nSPS) is 17.4. The summed E-state index contributed by atoms with van der Waals surface area (Å²) in [6.45, 7) is 10.0. The predicted octanol–water partition coefficient (Wildman–Crippen LogP) is -0.654. The van der Waals surface area contributed by atoms with Gasteiger partial charge in [-0.1, -0.05) is 34.1 Å². The Morgan fingerprint density at radius 3 is 1.86 bits per heavy atom. The molecule has 7 N–H and O–H groups in total. The Morgan fingerprint density at radius 1 is 0.897 bits per heavy atom. The topological polar surface area (TPSA) is 171 Å². The van der Waals surface area contributed by atoms with E-state index in [0.29, 0.717) is 6.42 Å². The van der Waals surface area contributed by atoms with Crippen molar-refractivity contribution in [1.29, 1.82) is 0 Å². The summed E-state index contributed by atoms with van der Waals surface area (Å²) in [7, 11) is 0. The highest BCUT2D eigenvalue weighted by Gasteiger charge is 2.32. The van der Waals surface area contributed by atoms with Crippen LogP contribution in [0.5, 0.6) is 0 Å². The summed E-state index contributed by atoms with van der Waals surface area (Å²) in [5, 5.41) is 26.2. The van der Waals surface area contributed by atoms with Gasteiger partial charge in [-0.2, -0.15) is 0 Å². The number of aliphatic carboxylic acids is 1. The minimum absolute atomic E-state index is 0.0181. The molecule has 0 saturated heterocycles. The SMILES string of the molecule is CCC(C)C(N)C(=O)NC(C(=O)NC(CC(C)C)C(=O)NC(C)C(=O)O)C(C)O. The first-order valence-electron chi connectivity index (χ1n) is 9.89. The zero-order valence-corrected chi connectivity index (χ0v) is 18.1. The van der Waals surface area contributed by atoms with E-state index >= 15 is 0 Å². The predicted molar refractivity (Wildman–Crippen MR) is 108 cm³/mol. The monoisotopic (exact) mass is 416 g/mol. The molecule has 0 spiro atoms. The van der Waals surface area contributed by atoms with E-state index in [4.69, 9.17) is 10.8 Å². The number of nitrogens with two attached hydrogens (primary N) is 1. The summed E-state index contributed by atoms with van der Waals surface area (Å²) in [4.78, 5) is 48.4. The number of nitrogens with one attached hydrogen (secondary N) is 3. The third-order valence-electron chi connectivity index (χ3n) is 4.69. The molecule has 29 heavy (non-hydrogen) atoms. The number of hydrogen-bond donors (Lipinski definition) is 6. The molecule has 10 nitrogen and oxygen atoms in total. The number of carbonyl (C=O) groups excluding carboxylic acids is 3. The first-order chi connectivity index (χ1) is 13.3. The second-order valence-electron chi connectivity index (χ2n) is 7.90. The molecule has 0 aromatic rings. The zero-order chi connectivity index (χ0) is 22.9. The average molecular weight is 417 g/mol. The lowest BCUT2D eigenvalue weighted by molar-refractivity contribution is -0.142. The molecule has 0 saturated carbocycles. The van der Waals surface area contributed by atoms with Crippen molar-refractivity contribution in [2.45, 2.75) is 84.7 Å². The van der Waals surface area contributed by atoms with Crippen LogP contribution in [0.25, 0.3) is 0 Å². The van der Waals surface area contributed by atoms with E-state index in [1.807, 2.05) is 20.8 Å². The first kappa shape index (κ1) is 26.8. The summed E-state index contributed by atoms with van der Waals surface area (Å²) in [6, 6.07) is -4.31. The lowest BCUT2D eigenvalue weighted by atomic mass is 9.98. The molecule has 6 atom stereocenters. The molecule has 0 aromatic heterocycles. The Labute approximate surface area is 172 Å². The van der Waals surface area contributed by atoms with Gasteiger partial charge in [-0.05, 0) is 32.1 Å². The fraction of sp³-hybridized carbons (Fsp3) is 0.789. The Kier molecular flexibility index (Phi) is 11.4. The number of carboxylic acid groups (broad SMARTS) is 1. The van der Waals surface area contributed by atoms with E-state index in [2.05, 4.69) is 16.0 Å². The maximum atomic E-state index is 12.7. The average Bonchev–Trinajstić information content (AvgIpc) is 2.62. The fourth-order valence-corrected chi connectivity index (χ4v) is 2.51. The van der Waals surface area contributed by atoms with Crippen LogP contribution in [0, 0.1) is 11.8 Å². The third kappa shape index (κ3) is 9.23. The van der Waals surface area contributed by atoms with E-state index in [9.17, 15) is 24.3 Å². The van der Waals surface area contributed by atoms with Gasteiger partial charge in [-0.25, -0.2) is 0 Å². The minimum Gasteiger partial charge on any atom is -0.480 e.